The Morgan fingerprint density at radius 3 is 2.25 bits per heavy atom. The number of para-hydroxylation sites is 1. The van der Waals surface area contributed by atoms with E-state index in [1.54, 1.807) is 24.3 Å². The van der Waals surface area contributed by atoms with E-state index in [0.29, 0.717) is 29.6 Å². The minimum absolute atomic E-state index is 0.175. The average Bonchev–Trinajstić information content (AvgIpc) is 3.41. The predicted octanol–water partition coefficient (Wildman–Crippen LogP) is 4.91. The van der Waals surface area contributed by atoms with Crippen LogP contribution in [0.15, 0.2) is 83.3 Å². The Morgan fingerprint density at radius 1 is 0.806 bits per heavy atom. The summed E-state index contributed by atoms with van der Waals surface area (Å²) in [5.41, 5.74) is 1.96. The molecule has 6 nitrogen and oxygen atoms in total. The van der Waals surface area contributed by atoms with Gasteiger partial charge in [0.25, 0.3) is 0 Å². The predicted molar refractivity (Wildman–Crippen MR) is 136 cm³/mol. The Hall–Kier alpha value is -3.62. The fourth-order valence-electron chi connectivity index (χ4n) is 4.56. The summed E-state index contributed by atoms with van der Waals surface area (Å²) in [5.74, 6) is 0.239. The lowest BCUT2D eigenvalue weighted by Crippen LogP contribution is -2.47. The van der Waals surface area contributed by atoms with Gasteiger partial charge < -0.3 is 14.6 Å². The molecule has 0 amide bonds. The van der Waals surface area contributed by atoms with Crippen LogP contribution in [0.25, 0.3) is 11.5 Å². The molecule has 1 saturated heterocycles. The summed E-state index contributed by atoms with van der Waals surface area (Å²) in [4.78, 5) is 4.47. The number of rotatable bonds is 9. The van der Waals surface area contributed by atoms with Crippen molar-refractivity contribution in [3.63, 3.8) is 0 Å². The fourth-order valence-corrected chi connectivity index (χ4v) is 4.56. The highest BCUT2D eigenvalue weighted by molar-refractivity contribution is 5.52. The molecular weight excluding hydrogens is 460 g/mol. The third-order valence-electron chi connectivity index (χ3n) is 6.49. The zero-order valence-electron chi connectivity index (χ0n) is 20.0. The summed E-state index contributed by atoms with van der Waals surface area (Å²) in [6.07, 6.45) is 0.865. The van der Waals surface area contributed by atoms with Crippen LogP contribution in [0, 0.1) is 11.6 Å². The van der Waals surface area contributed by atoms with Gasteiger partial charge in [0, 0.05) is 37.3 Å². The molecule has 0 radical (unpaired) electrons. The van der Waals surface area contributed by atoms with Gasteiger partial charge in [-0.15, -0.1) is 10.2 Å². The summed E-state index contributed by atoms with van der Waals surface area (Å²) < 4.78 is 34.7. The Morgan fingerprint density at radius 2 is 1.50 bits per heavy atom. The first-order valence-corrected chi connectivity index (χ1v) is 12.3. The molecule has 0 bridgehead atoms. The number of hydrogen-bond donors (Lipinski definition) is 1. The third-order valence-corrected chi connectivity index (χ3v) is 6.49. The van der Waals surface area contributed by atoms with Crippen molar-refractivity contribution < 1.29 is 13.2 Å². The molecule has 1 atom stereocenters. The first kappa shape index (κ1) is 24.1. The second-order valence-electron chi connectivity index (χ2n) is 8.85. The minimum Gasteiger partial charge on any atom is -0.419 e. The van der Waals surface area contributed by atoms with Crippen LogP contribution in [0.2, 0.25) is 0 Å². The van der Waals surface area contributed by atoms with Crippen molar-refractivity contribution in [2.24, 2.45) is 0 Å². The van der Waals surface area contributed by atoms with Crippen LogP contribution < -0.4 is 10.2 Å². The molecule has 1 N–H and O–H groups in total. The van der Waals surface area contributed by atoms with Crippen molar-refractivity contribution in [1.82, 2.24) is 20.4 Å². The highest BCUT2D eigenvalue weighted by Gasteiger charge is 2.24. The van der Waals surface area contributed by atoms with Crippen molar-refractivity contribution in [1.29, 1.82) is 0 Å². The first-order chi connectivity index (χ1) is 17.7. The fraction of sp³-hybridized carbons (Fsp3) is 0.286. The van der Waals surface area contributed by atoms with E-state index in [9.17, 15) is 8.78 Å². The van der Waals surface area contributed by atoms with E-state index in [1.165, 1.54) is 12.1 Å². The van der Waals surface area contributed by atoms with Crippen molar-refractivity contribution >= 4 is 5.69 Å². The smallest absolute Gasteiger partial charge is 0.247 e. The second-order valence-corrected chi connectivity index (χ2v) is 8.85. The molecule has 186 valence electrons. The first-order valence-electron chi connectivity index (χ1n) is 12.3. The zero-order valence-corrected chi connectivity index (χ0v) is 20.0. The van der Waals surface area contributed by atoms with Crippen LogP contribution in [-0.2, 0) is 0 Å². The summed E-state index contributed by atoms with van der Waals surface area (Å²) >= 11 is 0. The molecule has 0 unspecified atom stereocenters. The molecule has 4 aromatic rings. The lowest BCUT2D eigenvalue weighted by atomic mass is 10.1. The Bertz CT molecular complexity index is 1260. The number of piperazine rings is 1. The number of halogens is 2. The van der Waals surface area contributed by atoms with Crippen molar-refractivity contribution in [3.05, 3.63) is 102 Å². The third kappa shape index (κ3) is 5.61. The largest absolute Gasteiger partial charge is 0.419 e. The van der Waals surface area contributed by atoms with E-state index >= 15 is 0 Å². The van der Waals surface area contributed by atoms with Gasteiger partial charge >= 0.3 is 0 Å². The Kier molecular flexibility index (Phi) is 7.64. The number of nitrogens with one attached hydrogen (secondary N) is 1. The maximum absolute atomic E-state index is 14.7. The summed E-state index contributed by atoms with van der Waals surface area (Å²) in [6, 6.07) is 22.5. The van der Waals surface area contributed by atoms with E-state index in [-0.39, 0.29) is 11.6 Å². The number of hydrogen-bond acceptors (Lipinski definition) is 6. The number of aromatic nitrogens is 2. The molecule has 1 aromatic heterocycles. The maximum Gasteiger partial charge on any atom is 0.247 e. The normalized spacial score (nSPS) is 15.2. The molecule has 0 saturated carbocycles. The molecule has 2 heterocycles. The van der Waals surface area contributed by atoms with Gasteiger partial charge in [0.2, 0.25) is 11.8 Å². The van der Waals surface area contributed by atoms with Gasteiger partial charge in [-0.1, -0.05) is 48.5 Å². The molecule has 0 aliphatic carbocycles. The summed E-state index contributed by atoms with van der Waals surface area (Å²) in [7, 11) is 0. The van der Waals surface area contributed by atoms with Crippen molar-refractivity contribution in [2.45, 2.75) is 12.5 Å². The number of benzene rings is 3. The maximum atomic E-state index is 14.7. The molecule has 5 rings (SSSR count). The topological polar surface area (TPSA) is 57.4 Å². The van der Waals surface area contributed by atoms with Gasteiger partial charge in [-0.2, -0.15) is 0 Å². The van der Waals surface area contributed by atoms with E-state index in [4.69, 9.17) is 4.42 Å². The van der Waals surface area contributed by atoms with Gasteiger partial charge in [0.1, 0.15) is 17.7 Å². The van der Waals surface area contributed by atoms with Gasteiger partial charge in [-0.25, -0.2) is 8.78 Å². The quantitative estimate of drug-likeness (QED) is 0.338. The van der Waals surface area contributed by atoms with Crippen LogP contribution >= 0.6 is 0 Å². The highest BCUT2D eigenvalue weighted by Crippen LogP contribution is 2.27. The van der Waals surface area contributed by atoms with Crippen LogP contribution in [-0.4, -0.2) is 54.4 Å². The average molecular weight is 490 g/mol. The van der Waals surface area contributed by atoms with E-state index in [2.05, 4.69) is 25.3 Å². The monoisotopic (exact) mass is 489 g/mol. The molecule has 1 aliphatic heterocycles. The lowest BCUT2D eigenvalue weighted by Gasteiger charge is -2.36. The van der Waals surface area contributed by atoms with Gasteiger partial charge in [-0.05, 0) is 49.8 Å². The van der Waals surface area contributed by atoms with Gasteiger partial charge in [0.15, 0.2) is 0 Å². The van der Waals surface area contributed by atoms with Crippen LogP contribution in [0.4, 0.5) is 14.5 Å². The second kappa shape index (κ2) is 11.4. The van der Waals surface area contributed by atoms with E-state index in [1.807, 2.05) is 42.5 Å². The standard InChI is InChI=1S/C28H29F2N5O/c29-23-12-5-4-11-22(23)26(28-33-32-27(36-28)21-9-2-1-3-10-21)31-15-8-16-34-17-19-35(20-18-34)25-14-7-6-13-24(25)30/h1-7,9-14,26,31H,8,15-20H2/t26-/m1/s1. The Balaban J connectivity index is 1.18. The lowest BCUT2D eigenvalue weighted by molar-refractivity contribution is 0.252. The van der Waals surface area contributed by atoms with Gasteiger partial charge in [0.05, 0.1) is 5.69 Å². The molecule has 36 heavy (non-hydrogen) atoms. The van der Waals surface area contributed by atoms with Crippen LogP contribution in [0.1, 0.15) is 23.9 Å². The molecule has 1 aliphatic rings. The molecule has 0 spiro atoms. The summed E-state index contributed by atoms with van der Waals surface area (Å²) in [6.45, 7) is 4.86. The Labute approximate surface area is 209 Å². The van der Waals surface area contributed by atoms with Crippen LogP contribution in [0.3, 0.4) is 0 Å². The highest BCUT2D eigenvalue weighted by atomic mass is 19.1. The zero-order chi connectivity index (χ0) is 24.7. The van der Waals surface area contributed by atoms with E-state index in [0.717, 1.165) is 44.7 Å². The molecular formula is C28H29F2N5O. The molecule has 3 aromatic carbocycles. The molecule has 1 fully saturated rings. The minimum atomic E-state index is -0.547. The van der Waals surface area contributed by atoms with Crippen molar-refractivity contribution in [3.8, 4) is 11.5 Å². The van der Waals surface area contributed by atoms with Crippen molar-refractivity contribution in [2.75, 3.05) is 44.2 Å². The number of nitrogens with zero attached hydrogens (tertiary/aromatic N) is 4. The summed E-state index contributed by atoms with van der Waals surface area (Å²) in [5, 5.41) is 11.8. The van der Waals surface area contributed by atoms with E-state index < -0.39 is 6.04 Å². The molecule has 8 heteroatoms. The van der Waals surface area contributed by atoms with Gasteiger partial charge in [-0.3, -0.25) is 4.90 Å². The van der Waals surface area contributed by atoms with Crippen LogP contribution in [0.5, 0.6) is 0 Å². The SMILES string of the molecule is Fc1ccccc1[C@@H](NCCCN1CCN(c2ccccc2F)CC1)c1nnc(-c2ccccc2)o1. The number of anilines is 1.